The van der Waals surface area contributed by atoms with Gasteiger partial charge in [0, 0.05) is 12.8 Å². The summed E-state index contributed by atoms with van der Waals surface area (Å²) in [4.78, 5) is 8.49. The summed E-state index contributed by atoms with van der Waals surface area (Å²) in [7, 11) is 1.83. The Bertz CT molecular complexity index is 359. The SMILES string of the molecule is COC1CCCC(Cc2cc(I)ncn2)CC1. The van der Waals surface area contributed by atoms with E-state index >= 15 is 0 Å². The molecule has 0 spiro atoms. The Morgan fingerprint density at radius 2 is 2.18 bits per heavy atom. The summed E-state index contributed by atoms with van der Waals surface area (Å²) in [6, 6.07) is 2.10. The molecule has 1 aliphatic carbocycles. The van der Waals surface area contributed by atoms with Gasteiger partial charge in [-0.3, -0.25) is 0 Å². The van der Waals surface area contributed by atoms with Crippen molar-refractivity contribution in [3.63, 3.8) is 0 Å². The maximum Gasteiger partial charge on any atom is 0.116 e. The van der Waals surface area contributed by atoms with Crippen molar-refractivity contribution in [1.29, 1.82) is 0 Å². The van der Waals surface area contributed by atoms with E-state index in [1.807, 2.05) is 7.11 Å². The van der Waals surface area contributed by atoms with Crippen LogP contribution in [0.1, 0.15) is 37.8 Å². The quantitative estimate of drug-likeness (QED) is 0.479. The Balaban J connectivity index is 1.90. The highest BCUT2D eigenvalue weighted by Gasteiger charge is 2.19. The lowest BCUT2D eigenvalue weighted by molar-refractivity contribution is 0.0890. The van der Waals surface area contributed by atoms with Crippen LogP contribution >= 0.6 is 22.6 Å². The van der Waals surface area contributed by atoms with Gasteiger partial charge in [-0.05, 0) is 66.7 Å². The second-order valence-corrected chi connectivity index (χ2v) is 5.87. The summed E-state index contributed by atoms with van der Waals surface area (Å²) < 4.78 is 6.50. The molecule has 0 saturated heterocycles. The molecule has 1 aromatic rings. The second-order valence-electron chi connectivity index (χ2n) is 4.77. The van der Waals surface area contributed by atoms with Crippen molar-refractivity contribution in [3.05, 3.63) is 21.8 Å². The summed E-state index contributed by atoms with van der Waals surface area (Å²) in [5.74, 6) is 0.765. The van der Waals surface area contributed by atoms with Gasteiger partial charge in [-0.2, -0.15) is 0 Å². The van der Waals surface area contributed by atoms with Crippen molar-refractivity contribution >= 4 is 22.6 Å². The van der Waals surface area contributed by atoms with Gasteiger partial charge in [0.2, 0.25) is 0 Å². The van der Waals surface area contributed by atoms with Crippen LogP contribution in [0.2, 0.25) is 0 Å². The molecule has 2 rings (SSSR count). The minimum absolute atomic E-state index is 0.477. The van der Waals surface area contributed by atoms with E-state index in [9.17, 15) is 0 Å². The van der Waals surface area contributed by atoms with Crippen LogP contribution < -0.4 is 0 Å². The summed E-state index contributed by atoms with van der Waals surface area (Å²) >= 11 is 2.25. The molecule has 1 heterocycles. The Labute approximate surface area is 117 Å². The molecule has 0 aromatic carbocycles. The van der Waals surface area contributed by atoms with E-state index in [4.69, 9.17) is 4.74 Å². The van der Waals surface area contributed by atoms with Crippen LogP contribution in [-0.2, 0) is 11.2 Å². The van der Waals surface area contributed by atoms with Gasteiger partial charge in [-0.25, -0.2) is 9.97 Å². The highest BCUT2D eigenvalue weighted by molar-refractivity contribution is 14.1. The Morgan fingerprint density at radius 3 is 2.94 bits per heavy atom. The number of nitrogens with zero attached hydrogens (tertiary/aromatic N) is 2. The Morgan fingerprint density at radius 1 is 1.29 bits per heavy atom. The minimum Gasteiger partial charge on any atom is -0.381 e. The topological polar surface area (TPSA) is 35.0 Å². The van der Waals surface area contributed by atoms with Crippen molar-refractivity contribution in [2.24, 2.45) is 5.92 Å². The van der Waals surface area contributed by atoms with Crippen molar-refractivity contribution < 1.29 is 4.74 Å². The lowest BCUT2D eigenvalue weighted by Crippen LogP contribution is -2.09. The molecule has 0 radical (unpaired) electrons. The summed E-state index contributed by atoms with van der Waals surface area (Å²) in [5, 5.41) is 0. The maximum atomic E-state index is 5.46. The first-order valence-corrected chi connectivity index (χ1v) is 7.35. The summed E-state index contributed by atoms with van der Waals surface area (Å²) in [6.07, 6.45) is 9.51. The lowest BCUT2D eigenvalue weighted by atomic mass is 9.95. The van der Waals surface area contributed by atoms with E-state index in [0.717, 1.165) is 16.0 Å². The van der Waals surface area contributed by atoms with Gasteiger partial charge in [-0.15, -0.1) is 0 Å². The number of hydrogen-bond donors (Lipinski definition) is 0. The Hall–Kier alpha value is -0.230. The highest BCUT2D eigenvalue weighted by Crippen LogP contribution is 2.27. The van der Waals surface area contributed by atoms with Crippen molar-refractivity contribution in [3.8, 4) is 0 Å². The molecule has 0 bridgehead atoms. The van der Waals surface area contributed by atoms with E-state index in [1.165, 1.54) is 37.8 Å². The first kappa shape index (κ1) is 13.2. The van der Waals surface area contributed by atoms with Crippen LogP contribution in [-0.4, -0.2) is 23.2 Å². The fourth-order valence-electron chi connectivity index (χ4n) is 2.56. The first-order valence-electron chi connectivity index (χ1n) is 6.27. The fraction of sp³-hybridized carbons (Fsp3) is 0.692. The van der Waals surface area contributed by atoms with Crippen LogP contribution in [0.25, 0.3) is 0 Å². The summed E-state index contributed by atoms with van der Waals surface area (Å²) in [5.41, 5.74) is 1.19. The largest absolute Gasteiger partial charge is 0.381 e. The van der Waals surface area contributed by atoms with Crippen LogP contribution in [0.15, 0.2) is 12.4 Å². The molecule has 2 atom stereocenters. The lowest BCUT2D eigenvalue weighted by Gasteiger charge is -2.14. The smallest absolute Gasteiger partial charge is 0.116 e. The average molecular weight is 346 g/mol. The molecule has 4 heteroatoms. The van der Waals surface area contributed by atoms with Gasteiger partial charge in [0.05, 0.1) is 6.10 Å². The standard InChI is InChI=1S/C13H19IN2O/c1-17-12-4-2-3-10(5-6-12)7-11-8-13(14)16-9-15-11/h8-10,12H,2-7H2,1H3. The van der Waals surface area contributed by atoms with Crippen LogP contribution in [0.4, 0.5) is 0 Å². The van der Waals surface area contributed by atoms with Crippen molar-refractivity contribution in [2.45, 2.75) is 44.6 Å². The zero-order valence-corrected chi connectivity index (χ0v) is 12.4. The molecule has 17 heavy (non-hydrogen) atoms. The van der Waals surface area contributed by atoms with Gasteiger partial charge in [0.15, 0.2) is 0 Å². The molecule has 94 valence electrons. The number of methoxy groups -OCH3 is 1. The number of halogens is 1. The second kappa shape index (κ2) is 6.64. The van der Waals surface area contributed by atoms with E-state index < -0.39 is 0 Å². The predicted molar refractivity (Wildman–Crippen MR) is 75.8 cm³/mol. The zero-order chi connectivity index (χ0) is 12.1. The van der Waals surface area contributed by atoms with E-state index in [-0.39, 0.29) is 0 Å². The summed E-state index contributed by atoms with van der Waals surface area (Å²) in [6.45, 7) is 0. The van der Waals surface area contributed by atoms with E-state index in [0.29, 0.717) is 6.10 Å². The molecule has 1 aliphatic rings. The third-order valence-corrected chi connectivity index (χ3v) is 4.15. The van der Waals surface area contributed by atoms with Crippen molar-refractivity contribution in [1.82, 2.24) is 9.97 Å². The molecule has 0 amide bonds. The molecule has 0 N–H and O–H groups in total. The molecule has 0 aliphatic heterocycles. The number of hydrogen-bond acceptors (Lipinski definition) is 3. The normalized spacial score (nSPS) is 25.5. The van der Waals surface area contributed by atoms with Gasteiger partial charge in [0.1, 0.15) is 10.0 Å². The van der Waals surface area contributed by atoms with Gasteiger partial charge in [-0.1, -0.05) is 6.42 Å². The van der Waals surface area contributed by atoms with Gasteiger partial charge in [0.25, 0.3) is 0 Å². The average Bonchev–Trinajstić information content (AvgIpc) is 2.54. The van der Waals surface area contributed by atoms with Crippen LogP contribution in [0.5, 0.6) is 0 Å². The predicted octanol–water partition coefficient (Wildman–Crippen LogP) is 3.22. The fourth-order valence-corrected chi connectivity index (χ4v) is 3.05. The number of aromatic nitrogens is 2. The molecular formula is C13H19IN2O. The monoisotopic (exact) mass is 346 g/mol. The third-order valence-electron chi connectivity index (χ3n) is 3.56. The maximum absolute atomic E-state index is 5.46. The van der Waals surface area contributed by atoms with Crippen molar-refractivity contribution in [2.75, 3.05) is 7.11 Å². The van der Waals surface area contributed by atoms with Gasteiger partial charge < -0.3 is 4.74 Å². The Kier molecular flexibility index (Phi) is 5.16. The molecule has 1 fully saturated rings. The van der Waals surface area contributed by atoms with E-state index in [1.54, 1.807) is 6.33 Å². The minimum atomic E-state index is 0.477. The molecule has 3 nitrogen and oxygen atoms in total. The van der Waals surface area contributed by atoms with Gasteiger partial charge >= 0.3 is 0 Å². The van der Waals surface area contributed by atoms with Crippen LogP contribution in [0.3, 0.4) is 0 Å². The molecule has 1 aromatic heterocycles. The first-order chi connectivity index (χ1) is 8.28. The highest BCUT2D eigenvalue weighted by atomic mass is 127. The van der Waals surface area contributed by atoms with Crippen LogP contribution in [0, 0.1) is 9.62 Å². The molecule has 2 unspecified atom stereocenters. The van der Waals surface area contributed by atoms with E-state index in [2.05, 4.69) is 38.6 Å². The zero-order valence-electron chi connectivity index (χ0n) is 10.2. The molecule has 1 saturated carbocycles. The number of rotatable bonds is 3. The number of ether oxygens (including phenoxy) is 1. The molecular weight excluding hydrogens is 327 g/mol. The third kappa shape index (κ3) is 4.17.